The van der Waals surface area contributed by atoms with E-state index in [0.717, 1.165) is 21.6 Å². The van der Waals surface area contributed by atoms with Gasteiger partial charge in [-0.05, 0) is 56.8 Å². The van der Waals surface area contributed by atoms with Crippen LogP contribution in [0, 0.1) is 6.92 Å². The summed E-state index contributed by atoms with van der Waals surface area (Å²) in [6.07, 6.45) is 5.22. The van der Waals surface area contributed by atoms with Crippen molar-refractivity contribution in [3.63, 3.8) is 0 Å². The zero-order valence-electron chi connectivity index (χ0n) is 14.3. The number of aryl methyl sites for hydroxylation is 1. The normalized spacial score (nSPS) is 15.9. The van der Waals surface area contributed by atoms with Gasteiger partial charge in [0, 0.05) is 22.9 Å². The van der Waals surface area contributed by atoms with Gasteiger partial charge in [-0.15, -0.1) is 11.3 Å². The van der Waals surface area contributed by atoms with Crippen molar-refractivity contribution < 1.29 is 0 Å². The van der Waals surface area contributed by atoms with Crippen molar-refractivity contribution in [2.45, 2.75) is 58.4 Å². The molecule has 0 saturated heterocycles. The predicted octanol–water partition coefficient (Wildman–Crippen LogP) is 6.36. The van der Waals surface area contributed by atoms with Crippen molar-refractivity contribution in [3.05, 3.63) is 34.1 Å². The van der Waals surface area contributed by atoms with Gasteiger partial charge in [-0.3, -0.25) is 0 Å². The van der Waals surface area contributed by atoms with Crippen molar-refractivity contribution >= 4 is 34.0 Å². The maximum atomic E-state index is 6.42. The largest absolute Gasteiger partial charge is 0.312 e. The van der Waals surface area contributed by atoms with E-state index in [2.05, 4.69) is 47.8 Å². The first-order valence-electron chi connectivity index (χ1n) is 8.69. The zero-order chi connectivity index (χ0) is 16.8. The van der Waals surface area contributed by atoms with E-state index in [1.54, 1.807) is 11.3 Å². The molecule has 0 spiro atoms. The number of nitrogens with zero attached hydrogens (tertiary/aromatic N) is 3. The Morgan fingerprint density at radius 1 is 1.21 bits per heavy atom. The fourth-order valence-electron chi connectivity index (χ4n) is 3.81. The molecule has 0 N–H and O–H groups in total. The van der Waals surface area contributed by atoms with Crippen LogP contribution in [0.2, 0.25) is 5.28 Å². The smallest absolute Gasteiger partial charge is 0.204 e. The minimum Gasteiger partial charge on any atom is -0.312 e. The molecule has 0 atom stereocenters. The Labute approximate surface area is 151 Å². The SMILES string of the molecule is Cc1ccc2c(nc(Cl)n2C(C)C)c1-c1nc(C2CCCC2)cs1. The van der Waals surface area contributed by atoms with E-state index in [1.165, 1.54) is 36.9 Å². The topological polar surface area (TPSA) is 30.7 Å². The summed E-state index contributed by atoms with van der Waals surface area (Å²) in [6, 6.07) is 4.56. The predicted molar refractivity (Wildman–Crippen MR) is 102 cm³/mol. The van der Waals surface area contributed by atoms with Crippen LogP contribution < -0.4 is 0 Å². The first-order valence-corrected chi connectivity index (χ1v) is 9.95. The van der Waals surface area contributed by atoms with Gasteiger partial charge in [0.15, 0.2) is 0 Å². The number of hydrogen-bond donors (Lipinski definition) is 0. The summed E-state index contributed by atoms with van der Waals surface area (Å²) >= 11 is 8.16. The molecule has 0 radical (unpaired) electrons. The summed E-state index contributed by atoms with van der Waals surface area (Å²) in [5.74, 6) is 0.645. The van der Waals surface area contributed by atoms with Gasteiger partial charge in [0.1, 0.15) is 10.5 Å². The van der Waals surface area contributed by atoms with Crippen molar-refractivity contribution in [1.29, 1.82) is 0 Å². The van der Waals surface area contributed by atoms with E-state index in [-0.39, 0.29) is 6.04 Å². The second kappa shape index (κ2) is 6.16. The van der Waals surface area contributed by atoms with Gasteiger partial charge >= 0.3 is 0 Å². The molecule has 5 heteroatoms. The van der Waals surface area contributed by atoms with Crippen LogP contribution in [0.15, 0.2) is 17.5 Å². The number of halogens is 1. The van der Waals surface area contributed by atoms with Crippen LogP contribution >= 0.6 is 22.9 Å². The summed E-state index contributed by atoms with van der Waals surface area (Å²) in [4.78, 5) is 9.66. The average Bonchev–Trinajstić information content (AvgIpc) is 3.24. The number of fused-ring (bicyclic) bond motifs is 1. The summed E-state index contributed by atoms with van der Waals surface area (Å²) in [7, 11) is 0. The summed E-state index contributed by atoms with van der Waals surface area (Å²) < 4.78 is 2.09. The lowest BCUT2D eigenvalue weighted by Gasteiger charge is -2.10. The van der Waals surface area contributed by atoms with Gasteiger partial charge in [-0.1, -0.05) is 18.9 Å². The number of imidazole rings is 1. The van der Waals surface area contributed by atoms with Crippen molar-refractivity contribution in [1.82, 2.24) is 14.5 Å². The van der Waals surface area contributed by atoms with E-state index in [9.17, 15) is 0 Å². The van der Waals surface area contributed by atoms with Gasteiger partial charge in [0.2, 0.25) is 5.28 Å². The minimum absolute atomic E-state index is 0.281. The molecule has 1 aliphatic carbocycles. The molecule has 1 aliphatic rings. The first kappa shape index (κ1) is 16.1. The van der Waals surface area contributed by atoms with E-state index in [4.69, 9.17) is 16.6 Å². The van der Waals surface area contributed by atoms with E-state index in [0.29, 0.717) is 11.2 Å². The lowest BCUT2D eigenvalue weighted by Crippen LogP contribution is -2.00. The molecule has 0 aliphatic heterocycles. The molecule has 0 unspecified atom stereocenters. The van der Waals surface area contributed by atoms with Crippen LogP contribution in [0.25, 0.3) is 21.6 Å². The molecule has 1 fully saturated rings. The molecule has 3 nitrogen and oxygen atoms in total. The van der Waals surface area contributed by atoms with Crippen LogP contribution in [0.1, 0.15) is 62.7 Å². The van der Waals surface area contributed by atoms with Crippen molar-refractivity contribution in [3.8, 4) is 10.6 Å². The fourth-order valence-corrected chi connectivity index (χ4v) is 5.19. The highest BCUT2D eigenvalue weighted by Crippen LogP contribution is 2.39. The summed E-state index contributed by atoms with van der Waals surface area (Å²) in [6.45, 7) is 6.40. The molecule has 2 aromatic heterocycles. The van der Waals surface area contributed by atoms with Crippen LogP contribution in [-0.2, 0) is 0 Å². The molecular formula is C19H22ClN3S. The van der Waals surface area contributed by atoms with Crippen LogP contribution in [0.4, 0.5) is 0 Å². The van der Waals surface area contributed by atoms with Crippen LogP contribution in [0.5, 0.6) is 0 Å². The monoisotopic (exact) mass is 359 g/mol. The Kier molecular flexibility index (Phi) is 4.13. The molecule has 0 bridgehead atoms. The maximum absolute atomic E-state index is 6.42. The third-order valence-electron chi connectivity index (χ3n) is 5.05. The standard InChI is InChI=1S/C19H22ClN3S/c1-11(2)23-15-9-8-12(3)16(17(15)22-19(23)20)18-21-14(10-24-18)13-6-4-5-7-13/h8-11,13H,4-7H2,1-3H3. The lowest BCUT2D eigenvalue weighted by atomic mass is 10.0. The number of thiazole rings is 1. The average molecular weight is 360 g/mol. The molecule has 0 amide bonds. The van der Waals surface area contributed by atoms with Crippen LogP contribution in [0.3, 0.4) is 0 Å². The molecule has 3 aromatic rings. The second-order valence-corrected chi connectivity index (χ2v) is 8.22. The maximum Gasteiger partial charge on any atom is 0.204 e. The minimum atomic E-state index is 0.281. The molecule has 1 saturated carbocycles. The van der Waals surface area contributed by atoms with E-state index < -0.39 is 0 Å². The molecule has 2 heterocycles. The Morgan fingerprint density at radius 3 is 2.67 bits per heavy atom. The summed E-state index contributed by atoms with van der Waals surface area (Å²) in [5.41, 5.74) is 5.68. The van der Waals surface area contributed by atoms with Crippen molar-refractivity contribution in [2.24, 2.45) is 0 Å². The number of benzene rings is 1. The Morgan fingerprint density at radius 2 is 1.96 bits per heavy atom. The Hall–Kier alpha value is -1.39. The van der Waals surface area contributed by atoms with Gasteiger partial charge in [-0.2, -0.15) is 0 Å². The third-order valence-corrected chi connectivity index (χ3v) is 6.20. The number of aromatic nitrogens is 3. The number of hydrogen-bond acceptors (Lipinski definition) is 3. The first-order chi connectivity index (χ1) is 11.6. The highest BCUT2D eigenvalue weighted by molar-refractivity contribution is 7.13. The molecule has 4 rings (SSSR count). The fraction of sp³-hybridized carbons (Fsp3) is 0.474. The number of rotatable bonds is 3. The lowest BCUT2D eigenvalue weighted by molar-refractivity contribution is 0.618. The van der Waals surface area contributed by atoms with Crippen LogP contribution in [-0.4, -0.2) is 14.5 Å². The molecule has 1 aromatic carbocycles. The molecular weight excluding hydrogens is 338 g/mol. The van der Waals surface area contributed by atoms with Gasteiger partial charge in [-0.25, -0.2) is 9.97 Å². The van der Waals surface area contributed by atoms with Gasteiger partial charge in [0.05, 0.1) is 11.2 Å². The van der Waals surface area contributed by atoms with Gasteiger partial charge < -0.3 is 4.57 Å². The molecule has 24 heavy (non-hydrogen) atoms. The summed E-state index contributed by atoms with van der Waals surface area (Å²) in [5, 5.41) is 3.87. The second-order valence-electron chi connectivity index (χ2n) is 7.03. The van der Waals surface area contributed by atoms with Crippen molar-refractivity contribution in [2.75, 3.05) is 0 Å². The van der Waals surface area contributed by atoms with Gasteiger partial charge in [0.25, 0.3) is 0 Å². The molecule has 126 valence electrons. The van der Waals surface area contributed by atoms with E-state index >= 15 is 0 Å². The Balaban J connectivity index is 1.87. The van der Waals surface area contributed by atoms with E-state index in [1.807, 2.05) is 0 Å². The zero-order valence-corrected chi connectivity index (χ0v) is 15.9. The highest BCUT2D eigenvalue weighted by atomic mass is 35.5. The Bertz CT molecular complexity index is 888. The quantitative estimate of drug-likeness (QED) is 0.544. The highest BCUT2D eigenvalue weighted by Gasteiger charge is 2.22. The third kappa shape index (κ3) is 2.56.